The van der Waals surface area contributed by atoms with Gasteiger partial charge in [0.2, 0.25) is 0 Å². The van der Waals surface area contributed by atoms with Crippen molar-refractivity contribution in [1.82, 2.24) is 5.32 Å². The molecule has 1 fully saturated rings. The van der Waals surface area contributed by atoms with E-state index in [9.17, 15) is 9.59 Å². The van der Waals surface area contributed by atoms with Crippen molar-refractivity contribution < 1.29 is 19.1 Å². The van der Waals surface area contributed by atoms with Crippen molar-refractivity contribution >= 4 is 27.8 Å². The van der Waals surface area contributed by atoms with Gasteiger partial charge in [0, 0.05) is 16.4 Å². The molecular weight excluding hydrogens is 398 g/mol. The van der Waals surface area contributed by atoms with E-state index >= 15 is 0 Å². The molecule has 0 aliphatic heterocycles. The molecule has 5 nitrogen and oxygen atoms in total. The van der Waals surface area contributed by atoms with Crippen LogP contribution in [0.4, 0.5) is 0 Å². The first kappa shape index (κ1) is 18.5. The van der Waals surface area contributed by atoms with E-state index in [1.54, 1.807) is 18.2 Å². The summed E-state index contributed by atoms with van der Waals surface area (Å²) in [6.45, 7) is 0.240. The number of hydrogen-bond donors (Lipinski definition) is 1. The van der Waals surface area contributed by atoms with Gasteiger partial charge >= 0.3 is 5.97 Å². The van der Waals surface area contributed by atoms with Gasteiger partial charge in [-0.25, -0.2) is 4.79 Å². The minimum atomic E-state index is -0.574. The zero-order valence-electron chi connectivity index (χ0n) is 14.5. The summed E-state index contributed by atoms with van der Waals surface area (Å²) in [6, 6.07) is 15.2. The lowest BCUT2D eigenvalue weighted by Crippen LogP contribution is -2.35. The molecule has 2 aromatic rings. The second kappa shape index (κ2) is 7.91. The standard InChI is InChI=1S/C20H20BrNO4/c1-25-15-7-8-17(21)16(11-15)19(24)26-12-18(23)22-13-20(9-10-20)14-5-3-2-4-6-14/h2-8,11H,9-10,12-13H2,1H3,(H,22,23). The lowest BCUT2D eigenvalue weighted by Gasteiger charge is -2.16. The van der Waals surface area contributed by atoms with Crippen molar-refractivity contribution in [3.05, 3.63) is 64.1 Å². The molecule has 0 spiro atoms. The number of rotatable bonds is 7. The van der Waals surface area contributed by atoms with Gasteiger partial charge < -0.3 is 14.8 Å². The van der Waals surface area contributed by atoms with Gasteiger partial charge in [0.25, 0.3) is 5.91 Å². The maximum atomic E-state index is 12.2. The summed E-state index contributed by atoms with van der Waals surface area (Å²) in [5.41, 5.74) is 1.58. The largest absolute Gasteiger partial charge is 0.497 e. The predicted molar refractivity (Wildman–Crippen MR) is 101 cm³/mol. The van der Waals surface area contributed by atoms with Crippen molar-refractivity contribution in [3.63, 3.8) is 0 Å². The van der Waals surface area contributed by atoms with Gasteiger partial charge in [0.15, 0.2) is 6.61 Å². The normalized spacial score (nSPS) is 14.4. The lowest BCUT2D eigenvalue weighted by atomic mass is 9.96. The number of halogens is 1. The fraction of sp³-hybridized carbons (Fsp3) is 0.300. The first-order valence-corrected chi connectivity index (χ1v) is 9.16. The number of carbonyl (C=O) groups excluding carboxylic acids is 2. The third-order valence-corrected chi connectivity index (χ3v) is 5.28. The fourth-order valence-corrected chi connectivity index (χ4v) is 3.23. The second-order valence-electron chi connectivity index (χ2n) is 6.34. The molecule has 0 radical (unpaired) electrons. The van der Waals surface area contributed by atoms with Crippen LogP contribution in [0.15, 0.2) is 53.0 Å². The zero-order valence-corrected chi connectivity index (χ0v) is 16.0. The summed E-state index contributed by atoms with van der Waals surface area (Å²) in [6.07, 6.45) is 2.10. The Morgan fingerprint density at radius 2 is 1.88 bits per heavy atom. The topological polar surface area (TPSA) is 64.6 Å². The van der Waals surface area contributed by atoms with Crippen LogP contribution in [0.2, 0.25) is 0 Å². The molecule has 1 amide bonds. The van der Waals surface area contributed by atoms with Crippen LogP contribution in [0.3, 0.4) is 0 Å². The summed E-state index contributed by atoms with van der Waals surface area (Å²) in [5, 5.41) is 2.88. The van der Waals surface area contributed by atoms with E-state index in [4.69, 9.17) is 9.47 Å². The minimum Gasteiger partial charge on any atom is -0.497 e. The van der Waals surface area contributed by atoms with E-state index in [1.165, 1.54) is 12.7 Å². The van der Waals surface area contributed by atoms with Gasteiger partial charge in [-0.2, -0.15) is 0 Å². The maximum absolute atomic E-state index is 12.2. The summed E-state index contributed by atoms with van der Waals surface area (Å²) in [5.74, 6) is -0.335. The highest BCUT2D eigenvalue weighted by molar-refractivity contribution is 9.10. The number of nitrogens with one attached hydrogen (secondary N) is 1. The Kier molecular flexibility index (Phi) is 5.61. The molecule has 136 valence electrons. The Labute approximate surface area is 160 Å². The Hall–Kier alpha value is -2.34. The number of benzene rings is 2. The summed E-state index contributed by atoms with van der Waals surface area (Å²) in [4.78, 5) is 24.3. The minimum absolute atomic E-state index is 0.0246. The Morgan fingerprint density at radius 3 is 2.54 bits per heavy atom. The van der Waals surface area contributed by atoms with Crippen LogP contribution in [0.5, 0.6) is 5.75 Å². The number of hydrogen-bond acceptors (Lipinski definition) is 4. The third-order valence-electron chi connectivity index (χ3n) is 4.59. The molecule has 26 heavy (non-hydrogen) atoms. The highest BCUT2D eigenvalue weighted by Gasteiger charge is 2.44. The molecule has 1 N–H and O–H groups in total. The average molecular weight is 418 g/mol. The van der Waals surface area contributed by atoms with Gasteiger partial charge in [-0.1, -0.05) is 30.3 Å². The van der Waals surface area contributed by atoms with Gasteiger partial charge in [0.1, 0.15) is 5.75 Å². The number of esters is 1. The molecule has 2 aromatic carbocycles. The SMILES string of the molecule is COc1ccc(Br)c(C(=O)OCC(=O)NCC2(c3ccccc3)CC2)c1. The quantitative estimate of drug-likeness (QED) is 0.700. The number of amides is 1. The fourth-order valence-electron chi connectivity index (χ4n) is 2.83. The number of ether oxygens (including phenoxy) is 2. The predicted octanol–water partition coefficient (Wildman–Crippen LogP) is 3.46. The highest BCUT2D eigenvalue weighted by Crippen LogP contribution is 2.47. The van der Waals surface area contributed by atoms with Crippen molar-refractivity contribution in [1.29, 1.82) is 0 Å². The molecule has 0 atom stereocenters. The van der Waals surface area contributed by atoms with E-state index < -0.39 is 5.97 Å². The number of methoxy groups -OCH3 is 1. The molecule has 0 heterocycles. The molecule has 1 aliphatic carbocycles. The smallest absolute Gasteiger partial charge is 0.339 e. The monoisotopic (exact) mass is 417 g/mol. The van der Waals surface area contributed by atoms with E-state index in [1.807, 2.05) is 18.2 Å². The maximum Gasteiger partial charge on any atom is 0.339 e. The van der Waals surface area contributed by atoms with E-state index in [2.05, 4.69) is 33.4 Å². The number of carbonyl (C=O) groups is 2. The third kappa shape index (κ3) is 4.25. The van der Waals surface area contributed by atoms with Crippen LogP contribution in [-0.2, 0) is 14.9 Å². The van der Waals surface area contributed by atoms with Gasteiger partial charge in [0.05, 0.1) is 12.7 Å². The van der Waals surface area contributed by atoms with Crippen molar-refractivity contribution in [2.75, 3.05) is 20.3 Å². The zero-order chi connectivity index (χ0) is 18.6. The molecule has 0 saturated heterocycles. The van der Waals surface area contributed by atoms with Crippen LogP contribution >= 0.6 is 15.9 Å². The van der Waals surface area contributed by atoms with Crippen LogP contribution in [0.1, 0.15) is 28.8 Å². The van der Waals surface area contributed by atoms with Crippen LogP contribution in [-0.4, -0.2) is 32.1 Å². The van der Waals surface area contributed by atoms with Crippen molar-refractivity contribution in [3.8, 4) is 5.75 Å². The van der Waals surface area contributed by atoms with Crippen molar-refractivity contribution in [2.24, 2.45) is 0 Å². The van der Waals surface area contributed by atoms with Crippen molar-refractivity contribution in [2.45, 2.75) is 18.3 Å². The summed E-state index contributed by atoms with van der Waals surface area (Å²) >= 11 is 3.30. The average Bonchev–Trinajstić information content (AvgIpc) is 3.47. The molecule has 0 unspecified atom stereocenters. The molecule has 3 rings (SSSR count). The Bertz CT molecular complexity index is 803. The van der Waals surface area contributed by atoms with E-state index in [0.717, 1.165) is 12.8 Å². The van der Waals surface area contributed by atoms with Crippen LogP contribution < -0.4 is 10.1 Å². The molecule has 6 heteroatoms. The van der Waals surface area contributed by atoms with Gasteiger partial charge in [-0.15, -0.1) is 0 Å². The van der Waals surface area contributed by atoms with Gasteiger partial charge in [-0.05, 0) is 52.5 Å². The van der Waals surface area contributed by atoms with Crippen LogP contribution in [0.25, 0.3) is 0 Å². The lowest BCUT2D eigenvalue weighted by molar-refractivity contribution is -0.124. The van der Waals surface area contributed by atoms with E-state index in [0.29, 0.717) is 22.3 Å². The Morgan fingerprint density at radius 1 is 1.15 bits per heavy atom. The van der Waals surface area contributed by atoms with Gasteiger partial charge in [-0.3, -0.25) is 4.79 Å². The van der Waals surface area contributed by atoms with E-state index in [-0.39, 0.29) is 17.9 Å². The molecule has 0 aromatic heterocycles. The molecule has 1 aliphatic rings. The molecular formula is C20H20BrNO4. The van der Waals surface area contributed by atoms with Crippen LogP contribution in [0, 0.1) is 0 Å². The second-order valence-corrected chi connectivity index (χ2v) is 7.20. The molecule has 1 saturated carbocycles. The highest BCUT2D eigenvalue weighted by atomic mass is 79.9. The summed E-state index contributed by atoms with van der Waals surface area (Å²) in [7, 11) is 1.52. The molecule has 0 bridgehead atoms. The Balaban J connectivity index is 1.51. The summed E-state index contributed by atoms with van der Waals surface area (Å²) < 4.78 is 10.8. The first-order valence-electron chi connectivity index (χ1n) is 8.37. The first-order chi connectivity index (χ1) is 12.5.